The fraction of sp³-hybridized carbons (Fsp3) is 0.846. The maximum absolute atomic E-state index is 11.5. The highest BCUT2D eigenvalue weighted by molar-refractivity contribution is 8.14. The molecule has 0 heterocycles. The van der Waals surface area contributed by atoms with Gasteiger partial charge in [-0.05, 0) is 36.7 Å². The van der Waals surface area contributed by atoms with Crippen LogP contribution in [0.2, 0.25) is 0 Å². The van der Waals surface area contributed by atoms with Crippen LogP contribution in [0.1, 0.15) is 45.4 Å². The van der Waals surface area contributed by atoms with E-state index in [-0.39, 0.29) is 22.3 Å². The SMILES string of the molecule is C=S(CCCCC)CC1CCCC1C(=O)NO. The molecule has 3 unspecified atom stereocenters. The van der Waals surface area contributed by atoms with Crippen molar-refractivity contribution in [2.75, 3.05) is 11.5 Å². The van der Waals surface area contributed by atoms with E-state index in [0.29, 0.717) is 5.92 Å². The van der Waals surface area contributed by atoms with Crippen molar-refractivity contribution in [1.82, 2.24) is 5.48 Å². The highest BCUT2D eigenvalue weighted by Gasteiger charge is 2.32. The van der Waals surface area contributed by atoms with Gasteiger partial charge in [0.2, 0.25) is 5.91 Å². The molecule has 0 saturated heterocycles. The van der Waals surface area contributed by atoms with E-state index in [2.05, 4.69) is 12.8 Å². The van der Waals surface area contributed by atoms with Crippen LogP contribution >= 0.6 is 10.5 Å². The first-order valence-electron chi connectivity index (χ1n) is 6.60. The van der Waals surface area contributed by atoms with Gasteiger partial charge < -0.3 is 0 Å². The van der Waals surface area contributed by atoms with Gasteiger partial charge in [0.25, 0.3) is 0 Å². The molecule has 0 aliphatic heterocycles. The van der Waals surface area contributed by atoms with Crippen LogP contribution in [0.15, 0.2) is 0 Å². The molecule has 0 spiro atoms. The van der Waals surface area contributed by atoms with Crippen molar-refractivity contribution in [3.05, 3.63) is 0 Å². The lowest BCUT2D eigenvalue weighted by Crippen LogP contribution is -2.31. The summed E-state index contributed by atoms with van der Waals surface area (Å²) in [6, 6.07) is 0. The maximum atomic E-state index is 11.5. The maximum Gasteiger partial charge on any atom is 0.246 e. The first-order valence-corrected chi connectivity index (χ1v) is 8.33. The van der Waals surface area contributed by atoms with Gasteiger partial charge in [-0.3, -0.25) is 10.0 Å². The minimum atomic E-state index is -0.196. The van der Waals surface area contributed by atoms with E-state index in [0.717, 1.165) is 25.0 Å². The number of carbonyl (C=O) groups is 1. The van der Waals surface area contributed by atoms with Gasteiger partial charge in [0.15, 0.2) is 0 Å². The predicted octanol–water partition coefficient (Wildman–Crippen LogP) is 2.80. The van der Waals surface area contributed by atoms with Crippen molar-refractivity contribution in [1.29, 1.82) is 0 Å². The second kappa shape index (κ2) is 7.88. The summed E-state index contributed by atoms with van der Waals surface area (Å²) in [5.41, 5.74) is 1.81. The van der Waals surface area contributed by atoms with Crippen LogP contribution in [-0.4, -0.2) is 28.5 Å². The number of amides is 1. The highest BCUT2D eigenvalue weighted by Crippen LogP contribution is 2.35. The van der Waals surface area contributed by atoms with Crippen molar-refractivity contribution in [2.45, 2.75) is 45.4 Å². The summed E-state index contributed by atoms with van der Waals surface area (Å²) in [7, 11) is 0.188. The van der Waals surface area contributed by atoms with Gasteiger partial charge >= 0.3 is 0 Å². The van der Waals surface area contributed by atoms with Crippen LogP contribution in [0.3, 0.4) is 0 Å². The zero-order valence-corrected chi connectivity index (χ0v) is 11.6. The summed E-state index contributed by atoms with van der Waals surface area (Å²) >= 11 is 0. The molecule has 1 saturated carbocycles. The van der Waals surface area contributed by atoms with Crippen molar-refractivity contribution in [2.24, 2.45) is 11.8 Å². The number of unbranched alkanes of at least 4 members (excludes halogenated alkanes) is 2. The van der Waals surface area contributed by atoms with Gasteiger partial charge in [0.05, 0.1) is 0 Å². The zero-order valence-electron chi connectivity index (χ0n) is 10.8. The number of nitrogens with one attached hydrogen (secondary N) is 1. The summed E-state index contributed by atoms with van der Waals surface area (Å²) in [4.78, 5) is 11.5. The standard InChI is InChI=1S/C13H25NO2S/c1-3-4-5-9-17(2)10-11-7-6-8-12(11)13(15)14-16/h11-12,16H,2-10H2,1H3,(H,14,15). The van der Waals surface area contributed by atoms with E-state index in [4.69, 9.17) is 5.21 Å². The molecule has 1 amide bonds. The van der Waals surface area contributed by atoms with Gasteiger partial charge in [-0.1, -0.05) is 32.1 Å². The van der Waals surface area contributed by atoms with E-state index in [1.807, 2.05) is 0 Å². The molecule has 1 rings (SSSR count). The lowest BCUT2D eigenvalue weighted by atomic mass is 9.97. The fourth-order valence-electron chi connectivity index (χ4n) is 2.61. The molecule has 17 heavy (non-hydrogen) atoms. The van der Waals surface area contributed by atoms with Gasteiger partial charge in [-0.25, -0.2) is 5.48 Å². The molecule has 0 aromatic rings. The van der Waals surface area contributed by atoms with Gasteiger partial charge in [0, 0.05) is 5.92 Å². The number of carbonyl (C=O) groups excluding carboxylic acids is 1. The van der Waals surface area contributed by atoms with Crippen LogP contribution in [-0.2, 0) is 4.79 Å². The van der Waals surface area contributed by atoms with E-state index in [9.17, 15) is 4.79 Å². The number of hydroxylamine groups is 1. The van der Waals surface area contributed by atoms with Crippen LogP contribution in [0.25, 0.3) is 0 Å². The smallest absolute Gasteiger partial charge is 0.246 e. The largest absolute Gasteiger partial charge is 0.289 e. The third-order valence-corrected chi connectivity index (χ3v) is 5.36. The molecule has 2 N–H and O–H groups in total. The summed E-state index contributed by atoms with van der Waals surface area (Å²) in [5.74, 6) is 6.73. The lowest BCUT2D eigenvalue weighted by molar-refractivity contribution is -0.134. The summed E-state index contributed by atoms with van der Waals surface area (Å²) in [6.07, 6.45) is 6.93. The van der Waals surface area contributed by atoms with Crippen LogP contribution in [0, 0.1) is 11.8 Å². The van der Waals surface area contributed by atoms with Gasteiger partial charge in [-0.15, -0.1) is 0 Å². The molecular weight excluding hydrogens is 234 g/mol. The topological polar surface area (TPSA) is 49.3 Å². The van der Waals surface area contributed by atoms with Crippen molar-refractivity contribution >= 4 is 22.3 Å². The Kier molecular flexibility index (Phi) is 6.82. The van der Waals surface area contributed by atoms with Gasteiger partial charge in [-0.2, -0.15) is 10.5 Å². The third kappa shape index (κ3) is 4.80. The normalized spacial score (nSPS) is 25.8. The Labute approximate surface area is 107 Å². The molecule has 3 atom stereocenters. The molecule has 1 aliphatic rings. The second-order valence-corrected chi connectivity index (χ2v) is 6.93. The molecule has 100 valence electrons. The van der Waals surface area contributed by atoms with Crippen LogP contribution < -0.4 is 5.48 Å². The molecule has 3 nitrogen and oxygen atoms in total. The molecule has 1 fully saturated rings. The van der Waals surface area contributed by atoms with Crippen LogP contribution in [0.5, 0.6) is 0 Å². The number of hydrogen-bond acceptors (Lipinski definition) is 2. The number of rotatable bonds is 7. The molecule has 0 aromatic carbocycles. The third-order valence-electron chi connectivity index (χ3n) is 3.59. The zero-order chi connectivity index (χ0) is 12.7. The second-order valence-electron chi connectivity index (χ2n) is 4.96. The van der Waals surface area contributed by atoms with E-state index < -0.39 is 0 Å². The fourth-order valence-corrected chi connectivity index (χ4v) is 4.39. The van der Waals surface area contributed by atoms with Gasteiger partial charge in [0.1, 0.15) is 0 Å². The summed E-state index contributed by atoms with van der Waals surface area (Å²) in [5, 5.41) is 8.71. The molecular formula is C13H25NO2S. The van der Waals surface area contributed by atoms with Crippen molar-refractivity contribution in [3.63, 3.8) is 0 Å². The number of hydrogen-bond donors (Lipinski definition) is 2. The first-order chi connectivity index (χ1) is 8.19. The summed E-state index contributed by atoms with van der Waals surface area (Å²) < 4.78 is 0. The highest BCUT2D eigenvalue weighted by atomic mass is 32.2. The Bertz CT molecular complexity index is 268. The van der Waals surface area contributed by atoms with Crippen molar-refractivity contribution < 1.29 is 10.0 Å². The molecule has 0 bridgehead atoms. The van der Waals surface area contributed by atoms with E-state index in [1.54, 1.807) is 5.48 Å². The lowest BCUT2D eigenvalue weighted by Gasteiger charge is -2.19. The molecule has 0 aromatic heterocycles. The quantitative estimate of drug-likeness (QED) is 0.320. The average molecular weight is 259 g/mol. The van der Waals surface area contributed by atoms with Crippen molar-refractivity contribution in [3.8, 4) is 0 Å². The minimum absolute atomic E-state index is 0.0166. The first kappa shape index (κ1) is 14.7. The predicted molar refractivity (Wildman–Crippen MR) is 74.7 cm³/mol. The Morgan fingerprint density at radius 1 is 1.47 bits per heavy atom. The van der Waals surface area contributed by atoms with E-state index >= 15 is 0 Å². The van der Waals surface area contributed by atoms with Crippen LogP contribution in [0.4, 0.5) is 0 Å². The Hall–Kier alpha value is -0.350. The molecule has 0 radical (unpaired) electrons. The minimum Gasteiger partial charge on any atom is -0.289 e. The monoisotopic (exact) mass is 259 g/mol. The van der Waals surface area contributed by atoms with E-state index in [1.165, 1.54) is 25.0 Å². The molecule has 1 aliphatic carbocycles. The Morgan fingerprint density at radius 3 is 2.88 bits per heavy atom. The Balaban J connectivity index is 2.34. The summed E-state index contributed by atoms with van der Waals surface area (Å²) in [6.45, 7) is 2.21. The molecule has 4 heteroatoms. The average Bonchev–Trinajstić information content (AvgIpc) is 2.76. The Morgan fingerprint density at radius 2 is 2.24 bits per heavy atom.